The number of morpholine rings is 2. The van der Waals surface area contributed by atoms with Gasteiger partial charge in [-0.15, -0.1) is 0 Å². The number of benzene rings is 2. The van der Waals surface area contributed by atoms with Gasteiger partial charge in [-0.1, -0.05) is 0 Å². The van der Waals surface area contributed by atoms with Crippen molar-refractivity contribution in [3.63, 3.8) is 0 Å². The van der Waals surface area contributed by atoms with Crippen LogP contribution in [0.2, 0.25) is 0 Å². The third-order valence-corrected chi connectivity index (χ3v) is 9.08. The molecule has 5 rings (SSSR count). The third kappa shape index (κ3) is 5.83. The van der Waals surface area contributed by atoms with Crippen molar-refractivity contribution < 1.29 is 22.8 Å². The second-order valence-electron chi connectivity index (χ2n) is 9.57. The number of hydrogen-bond acceptors (Lipinski definition) is 9. The van der Waals surface area contributed by atoms with Crippen LogP contribution in [-0.4, -0.2) is 89.6 Å². The Bertz CT molecular complexity index is 1280. The van der Waals surface area contributed by atoms with Crippen LogP contribution >= 0.6 is 0 Å². The Morgan fingerprint density at radius 1 is 0.816 bits per heavy atom. The van der Waals surface area contributed by atoms with Gasteiger partial charge >= 0.3 is 0 Å². The molecule has 3 heterocycles. The van der Waals surface area contributed by atoms with E-state index in [2.05, 4.69) is 14.8 Å². The predicted octanol–water partition coefficient (Wildman–Crippen LogP) is 3.19. The van der Waals surface area contributed by atoms with E-state index in [1.165, 1.54) is 16.4 Å². The van der Waals surface area contributed by atoms with Crippen LogP contribution in [0.25, 0.3) is 0 Å². The summed E-state index contributed by atoms with van der Waals surface area (Å²) in [5, 5.41) is 11.5. The molecule has 12 heteroatoms. The molecule has 11 nitrogen and oxygen atoms in total. The zero-order valence-electron chi connectivity index (χ0n) is 21.3. The number of hydrogen-bond donors (Lipinski definition) is 0. The van der Waals surface area contributed by atoms with Crippen molar-refractivity contribution in [1.82, 2.24) is 4.31 Å². The van der Waals surface area contributed by atoms with Gasteiger partial charge in [0.1, 0.15) is 4.90 Å². The molecule has 0 radical (unpaired) electrons. The van der Waals surface area contributed by atoms with Gasteiger partial charge in [0.15, 0.2) is 0 Å². The van der Waals surface area contributed by atoms with Gasteiger partial charge in [-0.25, -0.2) is 8.42 Å². The molecule has 0 aliphatic carbocycles. The SMILES string of the molecule is O=[N+]([O-])c1ccc(N2CCOCC2)c(C=Nc2ccc(N3CCCCC3)c(S(=O)(=O)N3CCOCC3)c2)c1. The van der Waals surface area contributed by atoms with Crippen molar-refractivity contribution in [2.75, 3.05) is 75.5 Å². The Balaban J connectivity index is 1.52. The summed E-state index contributed by atoms with van der Waals surface area (Å²) in [5.41, 5.74) is 2.56. The average Bonchev–Trinajstić information content (AvgIpc) is 2.97. The molecule has 204 valence electrons. The summed E-state index contributed by atoms with van der Waals surface area (Å²) < 4.78 is 39.8. The fourth-order valence-corrected chi connectivity index (χ4v) is 6.75. The minimum Gasteiger partial charge on any atom is -0.379 e. The zero-order valence-corrected chi connectivity index (χ0v) is 22.1. The summed E-state index contributed by atoms with van der Waals surface area (Å²) in [7, 11) is -3.76. The molecule has 0 saturated carbocycles. The molecule has 38 heavy (non-hydrogen) atoms. The van der Waals surface area contributed by atoms with Crippen molar-refractivity contribution in [1.29, 1.82) is 0 Å². The van der Waals surface area contributed by atoms with E-state index in [9.17, 15) is 18.5 Å². The van der Waals surface area contributed by atoms with Crippen LogP contribution in [0.1, 0.15) is 24.8 Å². The van der Waals surface area contributed by atoms with Gasteiger partial charge in [-0.05, 0) is 43.5 Å². The Morgan fingerprint density at radius 3 is 2.13 bits per heavy atom. The minimum atomic E-state index is -3.76. The maximum Gasteiger partial charge on any atom is 0.270 e. The number of nitrogens with zero attached hydrogens (tertiary/aromatic N) is 5. The van der Waals surface area contributed by atoms with Crippen LogP contribution in [0.15, 0.2) is 46.3 Å². The number of nitro benzene ring substituents is 1. The normalized spacial score (nSPS) is 19.7. The first kappa shape index (κ1) is 26.5. The van der Waals surface area contributed by atoms with Gasteiger partial charge in [0, 0.05) is 68.9 Å². The number of sulfonamides is 1. The second-order valence-corrected chi connectivity index (χ2v) is 11.5. The quantitative estimate of drug-likeness (QED) is 0.297. The zero-order chi connectivity index (χ0) is 26.5. The molecule has 3 saturated heterocycles. The van der Waals surface area contributed by atoms with Gasteiger partial charge in [0.05, 0.1) is 42.7 Å². The molecule has 3 aliphatic rings. The maximum atomic E-state index is 13.8. The predicted molar refractivity (Wildman–Crippen MR) is 145 cm³/mol. The number of anilines is 2. The molecule has 0 atom stereocenters. The number of non-ortho nitro benzene ring substituents is 1. The van der Waals surface area contributed by atoms with E-state index in [1.807, 2.05) is 12.1 Å². The van der Waals surface area contributed by atoms with Crippen molar-refractivity contribution >= 4 is 39.0 Å². The van der Waals surface area contributed by atoms with E-state index in [4.69, 9.17) is 9.47 Å². The molecular weight excluding hydrogens is 510 g/mol. The van der Waals surface area contributed by atoms with Crippen molar-refractivity contribution in [2.45, 2.75) is 24.2 Å². The first-order chi connectivity index (χ1) is 18.4. The fourth-order valence-electron chi connectivity index (χ4n) is 5.11. The highest BCUT2D eigenvalue weighted by Crippen LogP contribution is 2.34. The minimum absolute atomic E-state index is 0.0282. The lowest BCUT2D eigenvalue weighted by Crippen LogP contribution is -2.41. The molecule has 2 aromatic rings. The van der Waals surface area contributed by atoms with Crippen LogP contribution in [0.4, 0.5) is 22.7 Å². The lowest BCUT2D eigenvalue weighted by Gasteiger charge is -2.32. The van der Waals surface area contributed by atoms with E-state index in [0.29, 0.717) is 69.5 Å². The monoisotopic (exact) mass is 543 g/mol. The third-order valence-electron chi connectivity index (χ3n) is 7.15. The number of piperidine rings is 1. The molecule has 0 unspecified atom stereocenters. The van der Waals surface area contributed by atoms with E-state index in [-0.39, 0.29) is 10.6 Å². The number of aliphatic imine (C=N–C) groups is 1. The summed E-state index contributed by atoms with van der Waals surface area (Å²) in [6.07, 6.45) is 4.76. The molecule has 0 bridgehead atoms. The van der Waals surface area contributed by atoms with Gasteiger partial charge in [-0.3, -0.25) is 15.1 Å². The average molecular weight is 544 g/mol. The smallest absolute Gasteiger partial charge is 0.270 e. The summed E-state index contributed by atoms with van der Waals surface area (Å²) in [6, 6.07) is 9.99. The molecular formula is C26H33N5O6S. The maximum absolute atomic E-state index is 13.8. The Labute approximate surface area is 222 Å². The van der Waals surface area contributed by atoms with E-state index in [1.54, 1.807) is 18.3 Å². The van der Waals surface area contributed by atoms with Crippen LogP contribution < -0.4 is 9.80 Å². The molecule has 0 spiro atoms. The first-order valence-electron chi connectivity index (χ1n) is 13.1. The fraction of sp³-hybridized carbons (Fsp3) is 0.500. The van der Waals surface area contributed by atoms with E-state index in [0.717, 1.165) is 38.0 Å². The summed E-state index contributed by atoms with van der Waals surface area (Å²) in [5.74, 6) is 0. The van der Waals surface area contributed by atoms with Crippen LogP contribution in [0, 0.1) is 10.1 Å². The molecule has 0 aromatic heterocycles. The van der Waals surface area contributed by atoms with Gasteiger partial charge < -0.3 is 19.3 Å². The van der Waals surface area contributed by atoms with Gasteiger partial charge in [0.2, 0.25) is 10.0 Å². The molecule has 3 fully saturated rings. The highest BCUT2D eigenvalue weighted by molar-refractivity contribution is 7.89. The number of nitro groups is 1. The molecule has 2 aromatic carbocycles. The highest BCUT2D eigenvalue weighted by Gasteiger charge is 2.31. The molecule has 0 N–H and O–H groups in total. The van der Waals surface area contributed by atoms with E-state index >= 15 is 0 Å². The lowest BCUT2D eigenvalue weighted by atomic mass is 10.1. The largest absolute Gasteiger partial charge is 0.379 e. The van der Waals surface area contributed by atoms with Crippen LogP contribution in [-0.2, 0) is 19.5 Å². The number of ether oxygens (including phenoxy) is 2. The first-order valence-corrected chi connectivity index (χ1v) is 14.5. The standard InChI is InChI=1S/C26H33N5O6S/c32-31(33)23-5-7-24(29-10-14-36-15-11-29)21(18-23)20-27-22-4-6-25(28-8-2-1-3-9-28)26(19-22)38(34,35)30-12-16-37-17-13-30/h4-7,18-20H,1-3,8-17H2. The Morgan fingerprint density at radius 2 is 1.45 bits per heavy atom. The Kier molecular flexibility index (Phi) is 8.22. The van der Waals surface area contributed by atoms with Crippen LogP contribution in [0.5, 0.6) is 0 Å². The molecule has 3 aliphatic heterocycles. The highest BCUT2D eigenvalue weighted by atomic mass is 32.2. The van der Waals surface area contributed by atoms with Crippen molar-refractivity contribution in [3.05, 3.63) is 52.1 Å². The second kappa shape index (κ2) is 11.8. The van der Waals surface area contributed by atoms with Crippen molar-refractivity contribution in [3.8, 4) is 0 Å². The van der Waals surface area contributed by atoms with E-state index < -0.39 is 14.9 Å². The topological polar surface area (TPSA) is 118 Å². The van der Waals surface area contributed by atoms with Gasteiger partial charge in [-0.2, -0.15) is 4.31 Å². The van der Waals surface area contributed by atoms with Crippen LogP contribution in [0.3, 0.4) is 0 Å². The summed E-state index contributed by atoms with van der Waals surface area (Å²) in [4.78, 5) is 20.1. The number of rotatable bonds is 7. The summed E-state index contributed by atoms with van der Waals surface area (Å²) in [6.45, 7) is 5.48. The van der Waals surface area contributed by atoms with Gasteiger partial charge in [0.25, 0.3) is 5.69 Å². The lowest BCUT2D eigenvalue weighted by molar-refractivity contribution is -0.384. The van der Waals surface area contributed by atoms with Crippen molar-refractivity contribution in [2.24, 2.45) is 4.99 Å². The Hall–Kier alpha value is -3.06. The molecule has 0 amide bonds. The summed E-state index contributed by atoms with van der Waals surface area (Å²) >= 11 is 0.